The predicted octanol–water partition coefficient (Wildman–Crippen LogP) is 1.19. The van der Waals surface area contributed by atoms with Gasteiger partial charge in [0.2, 0.25) is 0 Å². The summed E-state index contributed by atoms with van der Waals surface area (Å²) in [5.41, 5.74) is 1.59. The Morgan fingerprint density at radius 1 is 1.20 bits per heavy atom. The van der Waals surface area contributed by atoms with Gasteiger partial charge in [-0.1, -0.05) is 18.2 Å². The normalized spacial score (nSPS) is 10.1. The van der Waals surface area contributed by atoms with Gasteiger partial charge in [-0.3, -0.25) is 4.79 Å². The Balaban J connectivity index is 1.81. The Labute approximate surface area is 118 Å². The number of pyridine rings is 1. The van der Waals surface area contributed by atoms with Crippen LogP contribution < -0.4 is 14.9 Å². The number of hydrogen-bond acceptors (Lipinski definition) is 3. The third-order valence-electron chi connectivity index (χ3n) is 2.99. The lowest BCUT2D eigenvalue weighted by molar-refractivity contribution is -0.605. The molecule has 0 spiro atoms. The number of anilines is 1. The van der Waals surface area contributed by atoms with E-state index in [1.54, 1.807) is 0 Å². The molecule has 1 amide bonds. The molecule has 2 rings (SSSR count). The fourth-order valence-corrected chi connectivity index (χ4v) is 1.81. The number of nitrogens with one attached hydrogen (secondary N) is 1. The number of likely N-dealkylation sites (N-methyl/N-ethyl adjacent to an activating group) is 1. The van der Waals surface area contributed by atoms with Crippen LogP contribution >= 0.6 is 0 Å². The van der Waals surface area contributed by atoms with E-state index in [0.717, 1.165) is 5.69 Å². The second-order valence-corrected chi connectivity index (χ2v) is 4.46. The van der Waals surface area contributed by atoms with Gasteiger partial charge in [-0.25, -0.2) is 0 Å². The first kappa shape index (κ1) is 13.9. The molecule has 0 aliphatic rings. The molecule has 5 heteroatoms. The van der Waals surface area contributed by atoms with Crippen molar-refractivity contribution in [2.45, 2.75) is 0 Å². The summed E-state index contributed by atoms with van der Waals surface area (Å²) < 4.78 is 0.653. The van der Waals surface area contributed by atoms with Crippen LogP contribution in [0.4, 0.5) is 5.69 Å². The average molecular weight is 271 g/mol. The van der Waals surface area contributed by atoms with Crippen LogP contribution in [0.5, 0.6) is 0 Å². The monoisotopic (exact) mass is 271 g/mol. The second-order valence-electron chi connectivity index (χ2n) is 4.46. The zero-order valence-electron chi connectivity index (χ0n) is 11.3. The molecule has 0 aliphatic heterocycles. The van der Waals surface area contributed by atoms with Gasteiger partial charge in [-0.2, -0.15) is 4.73 Å². The van der Waals surface area contributed by atoms with Gasteiger partial charge < -0.3 is 15.4 Å². The van der Waals surface area contributed by atoms with Gasteiger partial charge in [-0.05, 0) is 12.1 Å². The van der Waals surface area contributed by atoms with Crippen LogP contribution in [0.1, 0.15) is 10.4 Å². The van der Waals surface area contributed by atoms with Crippen LogP contribution in [0.3, 0.4) is 0 Å². The van der Waals surface area contributed by atoms with E-state index >= 15 is 0 Å². The fourth-order valence-electron chi connectivity index (χ4n) is 1.81. The van der Waals surface area contributed by atoms with Crippen LogP contribution in [-0.2, 0) is 0 Å². The fraction of sp³-hybridized carbons (Fsp3) is 0.200. The summed E-state index contributed by atoms with van der Waals surface area (Å²) in [5.74, 6) is -0.174. The minimum absolute atomic E-state index is 0.174. The van der Waals surface area contributed by atoms with Gasteiger partial charge in [0, 0.05) is 38.0 Å². The first-order valence-corrected chi connectivity index (χ1v) is 6.40. The van der Waals surface area contributed by atoms with Gasteiger partial charge in [0.15, 0.2) is 12.4 Å². The number of amides is 1. The highest BCUT2D eigenvalue weighted by atomic mass is 16.5. The molecule has 0 bridgehead atoms. The summed E-state index contributed by atoms with van der Waals surface area (Å²) in [6, 6.07) is 13.0. The maximum absolute atomic E-state index is 11.8. The minimum atomic E-state index is -0.174. The van der Waals surface area contributed by atoms with E-state index in [1.807, 2.05) is 37.4 Å². The van der Waals surface area contributed by atoms with E-state index < -0.39 is 0 Å². The molecule has 1 heterocycles. The van der Waals surface area contributed by atoms with E-state index in [4.69, 9.17) is 0 Å². The highest BCUT2D eigenvalue weighted by Gasteiger charge is 2.06. The first-order valence-electron chi connectivity index (χ1n) is 6.40. The summed E-state index contributed by atoms with van der Waals surface area (Å²) in [6.07, 6.45) is 2.62. The highest BCUT2D eigenvalue weighted by molar-refractivity contribution is 5.93. The summed E-state index contributed by atoms with van der Waals surface area (Å²) in [7, 11) is 1.98. The number of carbonyl (C=O) groups excluding carboxylic acids is 1. The number of carbonyl (C=O) groups is 1. The van der Waals surface area contributed by atoms with E-state index in [0.29, 0.717) is 23.4 Å². The van der Waals surface area contributed by atoms with E-state index in [2.05, 4.69) is 10.2 Å². The number of aromatic nitrogens is 1. The Morgan fingerprint density at radius 3 is 2.50 bits per heavy atom. The molecule has 0 aliphatic carbocycles. The molecule has 2 aromatic rings. The van der Waals surface area contributed by atoms with E-state index in [9.17, 15) is 10.0 Å². The summed E-state index contributed by atoms with van der Waals surface area (Å²) in [4.78, 5) is 13.9. The first-order chi connectivity index (χ1) is 9.66. The number of rotatable bonds is 5. The number of para-hydroxylation sites is 1. The van der Waals surface area contributed by atoms with Crippen LogP contribution in [0.15, 0.2) is 54.9 Å². The van der Waals surface area contributed by atoms with Gasteiger partial charge in [0.1, 0.15) is 0 Å². The Hall–Kier alpha value is -2.56. The highest BCUT2D eigenvalue weighted by Crippen LogP contribution is 2.09. The smallest absolute Gasteiger partial charge is 0.251 e. The van der Waals surface area contributed by atoms with Crippen molar-refractivity contribution in [3.63, 3.8) is 0 Å². The molecule has 0 saturated heterocycles. The van der Waals surface area contributed by atoms with Crippen LogP contribution in [0.25, 0.3) is 0 Å². The molecular weight excluding hydrogens is 254 g/mol. The lowest BCUT2D eigenvalue weighted by atomic mass is 10.2. The lowest BCUT2D eigenvalue weighted by Gasteiger charge is -2.19. The zero-order chi connectivity index (χ0) is 14.4. The van der Waals surface area contributed by atoms with Crippen molar-refractivity contribution in [1.29, 1.82) is 0 Å². The molecule has 5 nitrogen and oxygen atoms in total. The van der Waals surface area contributed by atoms with Gasteiger partial charge in [0.25, 0.3) is 5.91 Å². The molecule has 0 radical (unpaired) electrons. The predicted molar refractivity (Wildman–Crippen MR) is 77.4 cm³/mol. The molecule has 1 N–H and O–H groups in total. The van der Waals surface area contributed by atoms with Gasteiger partial charge >= 0.3 is 0 Å². The lowest BCUT2D eigenvalue weighted by Crippen LogP contribution is -2.33. The molecule has 20 heavy (non-hydrogen) atoms. The standard InChI is InChI=1S/C15H17N3O2/c1-17(14-5-3-2-4-6-14)12-9-16-15(19)13-7-10-18(20)11-8-13/h2-8,10-11H,9,12H2,1H3,(H,16,19). The van der Waals surface area contributed by atoms with E-state index in [-0.39, 0.29) is 5.91 Å². The van der Waals surface area contributed by atoms with Crippen molar-refractivity contribution in [1.82, 2.24) is 5.32 Å². The quantitative estimate of drug-likeness (QED) is 0.656. The summed E-state index contributed by atoms with van der Waals surface area (Å²) >= 11 is 0. The average Bonchev–Trinajstić information content (AvgIpc) is 2.48. The largest absolute Gasteiger partial charge is 0.619 e. The van der Waals surface area contributed by atoms with Gasteiger partial charge in [0.05, 0.1) is 5.56 Å². The molecule has 0 saturated carbocycles. The second kappa shape index (κ2) is 6.56. The molecule has 1 aromatic carbocycles. The zero-order valence-corrected chi connectivity index (χ0v) is 11.3. The van der Waals surface area contributed by atoms with Crippen molar-refractivity contribution in [3.8, 4) is 0 Å². The molecule has 0 unspecified atom stereocenters. The van der Waals surface area contributed by atoms with Crippen molar-refractivity contribution in [2.75, 3.05) is 25.0 Å². The maximum Gasteiger partial charge on any atom is 0.251 e. The van der Waals surface area contributed by atoms with Crippen LogP contribution in [0, 0.1) is 5.21 Å². The Bertz CT molecular complexity index is 555. The summed E-state index contributed by atoms with van der Waals surface area (Å²) in [5, 5.41) is 13.7. The third-order valence-corrected chi connectivity index (χ3v) is 2.99. The summed E-state index contributed by atoms with van der Waals surface area (Å²) in [6.45, 7) is 1.25. The third kappa shape index (κ3) is 3.71. The van der Waals surface area contributed by atoms with Crippen molar-refractivity contribution >= 4 is 11.6 Å². The molecule has 0 atom stereocenters. The van der Waals surface area contributed by atoms with Crippen LogP contribution in [0.2, 0.25) is 0 Å². The SMILES string of the molecule is CN(CCNC(=O)c1cc[n+]([O-])cc1)c1ccccc1. The van der Waals surface area contributed by atoms with Gasteiger partial charge in [-0.15, -0.1) is 0 Å². The number of nitrogens with zero attached hydrogens (tertiary/aromatic N) is 2. The topological polar surface area (TPSA) is 59.3 Å². The number of hydrogen-bond donors (Lipinski definition) is 1. The minimum Gasteiger partial charge on any atom is -0.619 e. The molecule has 0 fully saturated rings. The molecular formula is C15H17N3O2. The van der Waals surface area contributed by atoms with E-state index in [1.165, 1.54) is 24.5 Å². The maximum atomic E-state index is 11.8. The Kier molecular flexibility index (Phi) is 4.55. The van der Waals surface area contributed by atoms with Crippen molar-refractivity contribution < 1.29 is 9.52 Å². The molecule has 1 aromatic heterocycles. The Morgan fingerprint density at radius 2 is 1.85 bits per heavy atom. The molecule has 104 valence electrons. The van der Waals surface area contributed by atoms with Crippen molar-refractivity contribution in [2.24, 2.45) is 0 Å². The number of benzene rings is 1. The van der Waals surface area contributed by atoms with Crippen LogP contribution in [-0.4, -0.2) is 26.0 Å². The van der Waals surface area contributed by atoms with Crippen molar-refractivity contribution in [3.05, 3.63) is 65.6 Å².